The van der Waals surface area contributed by atoms with E-state index in [2.05, 4.69) is 5.32 Å². The van der Waals surface area contributed by atoms with Crippen LogP contribution < -0.4 is 5.32 Å². The van der Waals surface area contributed by atoms with E-state index >= 15 is 0 Å². The van der Waals surface area contributed by atoms with Gasteiger partial charge in [0.2, 0.25) is 5.91 Å². The number of alkyl halides is 1. The van der Waals surface area contributed by atoms with Crippen molar-refractivity contribution in [2.24, 2.45) is 5.41 Å². The lowest BCUT2D eigenvalue weighted by Gasteiger charge is -2.24. The molecule has 0 fully saturated rings. The molecule has 1 rings (SSSR count). The van der Waals surface area contributed by atoms with Crippen LogP contribution in [-0.4, -0.2) is 18.3 Å². The molecule has 0 unspecified atom stereocenters. The van der Waals surface area contributed by atoms with Gasteiger partial charge in [-0.15, -0.1) is 11.6 Å². The monoisotopic (exact) mass is 303 g/mol. The molecule has 0 saturated carbocycles. The average Bonchev–Trinajstić information content (AvgIpc) is 2.40. The maximum atomic E-state index is 13.4. The van der Waals surface area contributed by atoms with E-state index in [0.29, 0.717) is 12.4 Å². The van der Waals surface area contributed by atoms with Gasteiger partial charge in [0, 0.05) is 18.0 Å². The van der Waals surface area contributed by atoms with Crippen molar-refractivity contribution >= 4 is 17.5 Å². The van der Waals surface area contributed by atoms with Crippen LogP contribution in [0.1, 0.15) is 32.3 Å². The van der Waals surface area contributed by atoms with Crippen molar-refractivity contribution in [3.8, 4) is 0 Å². The first-order valence-corrected chi connectivity index (χ1v) is 7.15. The lowest BCUT2D eigenvalue weighted by molar-refractivity contribution is -0.120. The summed E-state index contributed by atoms with van der Waals surface area (Å²) in [6.07, 6.45) is 1.61. The first-order valence-electron chi connectivity index (χ1n) is 6.61. The van der Waals surface area contributed by atoms with Crippen LogP contribution in [-0.2, 0) is 11.2 Å². The fourth-order valence-electron chi connectivity index (χ4n) is 1.89. The summed E-state index contributed by atoms with van der Waals surface area (Å²) in [5.74, 6) is -1.61. The smallest absolute Gasteiger partial charge is 0.224 e. The number of halogens is 3. The first kappa shape index (κ1) is 16.9. The molecular formula is C15H20ClF2NO. The Kier molecular flexibility index (Phi) is 6.40. The molecule has 20 heavy (non-hydrogen) atoms. The number of carbonyl (C=O) groups is 1. The fraction of sp³-hybridized carbons (Fsp3) is 0.533. The van der Waals surface area contributed by atoms with Gasteiger partial charge in [-0.25, -0.2) is 8.78 Å². The molecule has 0 aliphatic carbocycles. The Balaban J connectivity index is 2.50. The highest BCUT2D eigenvalue weighted by Gasteiger charge is 2.19. The van der Waals surface area contributed by atoms with Gasteiger partial charge in [0.1, 0.15) is 0 Å². The number of hydrogen-bond acceptors (Lipinski definition) is 1. The third-order valence-corrected chi connectivity index (χ3v) is 3.40. The SMILES string of the molecule is CC(C)(CCCCl)CNC(=O)Cc1cccc(F)c1F. The van der Waals surface area contributed by atoms with Crippen molar-refractivity contribution in [1.82, 2.24) is 5.32 Å². The topological polar surface area (TPSA) is 29.1 Å². The van der Waals surface area contributed by atoms with E-state index < -0.39 is 11.6 Å². The molecule has 1 aromatic carbocycles. The zero-order valence-electron chi connectivity index (χ0n) is 11.8. The number of benzene rings is 1. The summed E-state index contributed by atoms with van der Waals surface area (Å²) < 4.78 is 26.5. The Morgan fingerprint density at radius 2 is 2.05 bits per heavy atom. The van der Waals surface area contributed by atoms with Gasteiger partial charge in [0.05, 0.1) is 6.42 Å². The zero-order valence-corrected chi connectivity index (χ0v) is 12.6. The average molecular weight is 304 g/mol. The van der Waals surface area contributed by atoms with Crippen LogP contribution in [0, 0.1) is 17.0 Å². The van der Waals surface area contributed by atoms with Crippen molar-refractivity contribution in [1.29, 1.82) is 0 Å². The summed E-state index contributed by atoms with van der Waals surface area (Å²) in [6.45, 7) is 4.55. The highest BCUT2D eigenvalue weighted by atomic mass is 35.5. The van der Waals surface area contributed by atoms with Crippen LogP contribution >= 0.6 is 11.6 Å². The summed E-state index contributed by atoms with van der Waals surface area (Å²) in [4.78, 5) is 11.8. The second-order valence-corrected chi connectivity index (χ2v) is 6.00. The number of hydrogen-bond donors (Lipinski definition) is 1. The van der Waals surface area contributed by atoms with Gasteiger partial charge < -0.3 is 5.32 Å². The van der Waals surface area contributed by atoms with E-state index in [9.17, 15) is 13.6 Å². The Morgan fingerprint density at radius 1 is 1.35 bits per heavy atom. The van der Waals surface area contributed by atoms with E-state index in [1.807, 2.05) is 13.8 Å². The van der Waals surface area contributed by atoms with Gasteiger partial charge in [0.15, 0.2) is 11.6 Å². The first-order chi connectivity index (χ1) is 9.35. The molecule has 0 heterocycles. The molecule has 0 bridgehead atoms. The summed E-state index contributed by atoms with van der Waals surface area (Å²) in [5.41, 5.74) is 0.00598. The third kappa shape index (κ3) is 5.45. The number of carbonyl (C=O) groups excluding carboxylic acids is 1. The predicted molar refractivity (Wildman–Crippen MR) is 76.8 cm³/mol. The van der Waals surface area contributed by atoms with Gasteiger partial charge in [-0.05, 0) is 24.3 Å². The normalized spacial score (nSPS) is 11.4. The molecule has 0 spiro atoms. The maximum Gasteiger partial charge on any atom is 0.224 e. The quantitative estimate of drug-likeness (QED) is 0.765. The molecular weight excluding hydrogens is 284 g/mol. The minimum absolute atomic E-state index is 0.0645. The van der Waals surface area contributed by atoms with E-state index in [0.717, 1.165) is 18.9 Å². The van der Waals surface area contributed by atoms with E-state index in [1.165, 1.54) is 12.1 Å². The summed E-state index contributed by atoms with van der Waals surface area (Å²) in [6, 6.07) is 3.84. The molecule has 0 atom stereocenters. The molecule has 0 aliphatic rings. The number of amides is 1. The van der Waals surface area contributed by atoms with Crippen molar-refractivity contribution in [2.45, 2.75) is 33.1 Å². The van der Waals surface area contributed by atoms with Gasteiger partial charge in [-0.1, -0.05) is 26.0 Å². The standard InChI is InChI=1S/C15H20ClF2NO/c1-15(2,7-4-8-16)10-19-13(20)9-11-5-3-6-12(17)14(11)18/h3,5-6H,4,7-10H2,1-2H3,(H,19,20). The van der Waals surface area contributed by atoms with Crippen LogP contribution in [0.3, 0.4) is 0 Å². The second kappa shape index (κ2) is 7.58. The van der Waals surface area contributed by atoms with E-state index in [-0.39, 0.29) is 23.3 Å². The summed E-state index contributed by atoms with van der Waals surface area (Å²) in [7, 11) is 0. The van der Waals surface area contributed by atoms with Crippen LogP contribution in [0.25, 0.3) is 0 Å². The Morgan fingerprint density at radius 3 is 2.70 bits per heavy atom. The lowest BCUT2D eigenvalue weighted by Crippen LogP contribution is -2.35. The molecule has 0 radical (unpaired) electrons. The van der Waals surface area contributed by atoms with Crippen molar-refractivity contribution in [2.75, 3.05) is 12.4 Å². The van der Waals surface area contributed by atoms with Crippen LogP contribution in [0.4, 0.5) is 8.78 Å². The van der Waals surface area contributed by atoms with E-state index in [1.54, 1.807) is 0 Å². The fourth-order valence-corrected chi connectivity index (χ4v) is 2.03. The second-order valence-electron chi connectivity index (χ2n) is 5.62. The number of nitrogens with one attached hydrogen (secondary N) is 1. The molecule has 5 heteroatoms. The largest absolute Gasteiger partial charge is 0.355 e. The molecule has 0 saturated heterocycles. The highest BCUT2D eigenvalue weighted by molar-refractivity contribution is 6.17. The van der Waals surface area contributed by atoms with Crippen LogP contribution in [0.5, 0.6) is 0 Å². The van der Waals surface area contributed by atoms with Crippen molar-refractivity contribution in [3.05, 3.63) is 35.4 Å². The van der Waals surface area contributed by atoms with Crippen LogP contribution in [0.15, 0.2) is 18.2 Å². The van der Waals surface area contributed by atoms with Crippen molar-refractivity contribution < 1.29 is 13.6 Å². The minimum Gasteiger partial charge on any atom is -0.355 e. The third-order valence-electron chi connectivity index (χ3n) is 3.13. The van der Waals surface area contributed by atoms with Crippen molar-refractivity contribution in [3.63, 3.8) is 0 Å². The molecule has 0 aliphatic heterocycles. The zero-order chi connectivity index (χ0) is 15.2. The highest BCUT2D eigenvalue weighted by Crippen LogP contribution is 2.21. The molecule has 112 valence electrons. The molecule has 1 aromatic rings. The minimum atomic E-state index is -0.955. The van der Waals surface area contributed by atoms with Crippen LogP contribution in [0.2, 0.25) is 0 Å². The molecule has 1 N–H and O–H groups in total. The Bertz CT molecular complexity index is 463. The summed E-state index contributed by atoms with van der Waals surface area (Å²) >= 11 is 5.65. The number of rotatable bonds is 7. The Hall–Kier alpha value is -1.16. The van der Waals surface area contributed by atoms with E-state index in [4.69, 9.17) is 11.6 Å². The Labute approximate surface area is 123 Å². The molecule has 2 nitrogen and oxygen atoms in total. The van der Waals surface area contributed by atoms with Gasteiger partial charge in [-0.2, -0.15) is 0 Å². The van der Waals surface area contributed by atoms with Gasteiger partial charge >= 0.3 is 0 Å². The maximum absolute atomic E-state index is 13.4. The lowest BCUT2D eigenvalue weighted by atomic mass is 9.88. The molecule has 1 amide bonds. The predicted octanol–water partition coefficient (Wildman–Crippen LogP) is 3.67. The van der Waals surface area contributed by atoms with Gasteiger partial charge in [-0.3, -0.25) is 4.79 Å². The summed E-state index contributed by atoms with van der Waals surface area (Å²) in [5, 5.41) is 2.76. The molecule has 0 aromatic heterocycles. The van der Waals surface area contributed by atoms with Gasteiger partial charge in [0.25, 0.3) is 0 Å².